The molecule has 2 aliphatic heterocycles. The molecule has 4 heterocycles. The molecule has 0 saturated carbocycles. The van der Waals surface area contributed by atoms with Crippen molar-refractivity contribution in [3.8, 4) is 5.75 Å². The number of hydrogen-bond acceptors (Lipinski definition) is 8. The largest absolute Gasteiger partial charge is 0.486 e. The van der Waals surface area contributed by atoms with E-state index in [0.717, 1.165) is 23.2 Å². The van der Waals surface area contributed by atoms with Gasteiger partial charge in [0.25, 0.3) is 5.91 Å². The molecule has 0 radical (unpaired) electrons. The number of anilines is 1. The summed E-state index contributed by atoms with van der Waals surface area (Å²) in [6.07, 6.45) is 3.22. The lowest BCUT2D eigenvalue weighted by molar-refractivity contribution is -0.0414. The third-order valence-corrected chi connectivity index (χ3v) is 6.22. The molecule has 3 aromatic rings. The fraction of sp³-hybridized carbons (Fsp3) is 0.348. The normalized spacial score (nSPS) is 19.1. The first-order valence-corrected chi connectivity index (χ1v) is 10.9. The van der Waals surface area contributed by atoms with Crippen molar-refractivity contribution >= 4 is 34.7 Å². The van der Waals surface area contributed by atoms with Gasteiger partial charge in [0.2, 0.25) is 0 Å². The van der Waals surface area contributed by atoms with Crippen LogP contribution in [-0.4, -0.2) is 57.4 Å². The average Bonchev–Trinajstić information content (AvgIpc) is 2.83. The van der Waals surface area contributed by atoms with Gasteiger partial charge in [-0.2, -0.15) is 4.98 Å². The van der Waals surface area contributed by atoms with E-state index >= 15 is 0 Å². The van der Waals surface area contributed by atoms with Crippen LogP contribution in [-0.2, 0) is 13.1 Å². The van der Waals surface area contributed by atoms with Gasteiger partial charge in [-0.05, 0) is 43.7 Å². The number of hydrogen-bond donors (Lipinski definition) is 2. The van der Waals surface area contributed by atoms with E-state index < -0.39 is 0 Å². The minimum atomic E-state index is -0.288. The molecule has 0 spiro atoms. The van der Waals surface area contributed by atoms with Gasteiger partial charge in [0.15, 0.2) is 0 Å². The fourth-order valence-corrected chi connectivity index (χ4v) is 4.30. The number of rotatable bonds is 6. The third-order valence-electron chi connectivity index (χ3n) is 6.22. The number of benzene rings is 1. The number of likely N-dealkylation sites (tertiary alicyclic amines) is 1. The first-order chi connectivity index (χ1) is 16.0. The molecule has 170 valence electrons. The van der Waals surface area contributed by atoms with Gasteiger partial charge in [0.1, 0.15) is 23.4 Å². The second-order valence-corrected chi connectivity index (χ2v) is 8.19. The number of aliphatic imine (C=N–C) groups is 1. The molecule has 1 fully saturated rings. The van der Waals surface area contributed by atoms with Crippen LogP contribution in [0.4, 0.5) is 11.5 Å². The van der Waals surface area contributed by atoms with Crippen LogP contribution in [0.25, 0.3) is 10.9 Å². The van der Waals surface area contributed by atoms with E-state index in [9.17, 15) is 9.59 Å². The van der Waals surface area contributed by atoms with Gasteiger partial charge in [-0.1, -0.05) is 0 Å². The fourth-order valence-electron chi connectivity index (χ4n) is 4.30. The van der Waals surface area contributed by atoms with Crippen LogP contribution >= 0.6 is 0 Å². The molecule has 5 rings (SSSR count). The van der Waals surface area contributed by atoms with Gasteiger partial charge >= 0.3 is 5.69 Å². The molecular weight excluding hydrogens is 422 g/mol. The number of pyridine rings is 1. The van der Waals surface area contributed by atoms with Crippen molar-refractivity contribution < 1.29 is 9.53 Å². The topological polar surface area (TPSA) is 114 Å². The van der Waals surface area contributed by atoms with Crippen LogP contribution < -0.4 is 21.1 Å². The Balaban J connectivity index is 1.30. The van der Waals surface area contributed by atoms with E-state index in [4.69, 9.17) is 4.74 Å². The molecule has 0 aliphatic carbocycles. The van der Waals surface area contributed by atoms with Crippen LogP contribution in [0.15, 0.2) is 40.2 Å². The van der Waals surface area contributed by atoms with Crippen LogP contribution in [0.1, 0.15) is 29.9 Å². The summed E-state index contributed by atoms with van der Waals surface area (Å²) in [5.74, 6) is 1.06. The number of carbonyl (C=O) groups is 1. The SMILES string of the molecule is CCn1c2c3c(cc(CN4C[C@H](Oc5ccc(C(=O)NC)nc5)[C@H]4C)cc3nc1=O)NC=N2. The van der Waals surface area contributed by atoms with Crippen molar-refractivity contribution in [2.75, 3.05) is 18.9 Å². The number of nitrogens with zero attached hydrogens (tertiary/aromatic N) is 5. The molecule has 1 amide bonds. The molecule has 2 atom stereocenters. The molecule has 1 saturated heterocycles. The van der Waals surface area contributed by atoms with Crippen molar-refractivity contribution in [2.24, 2.45) is 4.99 Å². The standard InChI is InChI=1S/C23H25N7O3/c1-4-30-21-20-17(26-12-27-21)7-14(8-18(20)28-23(30)32)10-29-11-19(13(29)2)33-15-5-6-16(25-9-15)22(31)24-3/h5-9,12-13,19H,4,10-11H2,1-3H3,(H,24,31)(H,26,27)/t13-,19+/m1/s1. The van der Waals surface area contributed by atoms with E-state index in [1.54, 1.807) is 36.3 Å². The monoisotopic (exact) mass is 447 g/mol. The Bertz CT molecular complexity index is 1320. The maximum absolute atomic E-state index is 12.4. The van der Waals surface area contributed by atoms with E-state index in [0.29, 0.717) is 35.9 Å². The van der Waals surface area contributed by atoms with Gasteiger partial charge < -0.3 is 15.4 Å². The Morgan fingerprint density at radius 1 is 1.33 bits per heavy atom. The molecule has 2 N–H and O–H groups in total. The molecule has 0 unspecified atom stereocenters. The smallest absolute Gasteiger partial charge is 0.349 e. The minimum absolute atomic E-state index is 0.0307. The molecule has 10 heteroatoms. The highest BCUT2D eigenvalue weighted by Crippen LogP contribution is 2.35. The summed E-state index contributed by atoms with van der Waals surface area (Å²) < 4.78 is 7.64. The number of amides is 1. The van der Waals surface area contributed by atoms with Gasteiger partial charge in [0.05, 0.1) is 29.1 Å². The molecule has 0 bridgehead atoms. The molecular formula is C23H25N7O3. The van der Waals surface area contributed by atoms with Gasteiger partial charge in [-0.3, -0.25) is 14.3 Å². The molecule has 2 aromatic heterocycles. The van der Waals surface area contributed by atoms with Gasteiger partial charge in [-0.15, -0.1) is 0 Å². The van der Waals surface area contributed by atoms with E-state index in [-0.39, 0.29) is 23.7 Å². The highest BCUT2D eigenvalue weighted by atomic mass is 16.5. The molecule has 2 aliphatic rings. The Morgan fingerprint density at radius 3 is 2.88 bits per heavy atom. The second kappa shape index (κ2) is 8.28. The van der Waals surface area contributed by atoms with Crippen molar-refractivity contribution in [2.45, 2.75) is 39.1 Å². The zero-order valence-electron chi connectivity index (χ0n) is 18.7. The minimum Gasteiger partial charge on any atom is -0.486 e. The zero-order chi connectivity index (χ0) is 23.1. The van der Waals surface area contributed by atoms with Crippen LogP contribution in [0.3, 0.4) is 0 Å². The van der Waals surface area contributed by atoms with Crippen LogP contribution in [0, 0.1) is 0 Å². The van der Waals surface area contributed by atoms with E-state index in [2.05, 4.69) is 43.5 Å². The van der Waals surface area contributed by atoms with Crippen LogP contribution in [0.2, 0.25) is 0 Å². The summed E-state index contributed by atoms with van der Waals surface area (Å²) in [5, 5.41) is 6.61. The highest BCUT2D eigenvalue weighted by Gasteiger charge is 2.37. The lowest BCUT2D eigenvalue weighted by Crippen LogP contribution is -2.60. The summed E-state index contributed by atoms with van der Waals surface area (Å²) in [6.45, 7) is 6.02. The van der Waals surface area contributed by atoms with E-state index in [1.165, 1.54) is 0 Å². The van der Waals surface area contributed by atoms with Crippen molar-refractivity contribution in [1.82, 2.24) is 24.8 Å². The third kappa shape index (κ3) is 3.72. The highest BCUT2D eigenvalue weighted by molar-refractivity contribution is 6.06. The lowest BCUT2D eigenvalue weighted by atomic mass is 9.99. The summed E-state index contributed by atoms with van der Waals surface area (Å²) in [4.78, 5) is 39.2. The first kappa shape index (κ1) is 21.1. The summed E-state index contributed by atoms with van der Waals surface area (Å²) in [7, 11) is 1.57. The predicted molar refractivity (Wildman–Crippen MR) is 125 cm³/mol. The van der Waals surface area contributed by atoms with Gasteiger partial charge in [-0.25, -0.2) is 14.8 Å². The number of carbonyl (C=O) groups excluding carboxylic acids is 1. The molecule has 10 nitrogen and oxygen atoms in total. The first-order valence-electron chi connectivity index (χ1n) is 10.9. The van der Waals surface area contributed by atoms with Gasteiger partial charge in [0, 0.05) is 32.7 Å². The average molecular weight is 447 g/mol. The Morgan fingerprint density at radius 2 is 2.18 bits per heavy atom. The molecule has 1 aromatic carbocycles. The predicted octanol–water partition coefficient (Wildman–Crippen LogP) is 1.91. The van der Waals surface area contributed by atoms with Crippen LogP contribution in [0.5, 0.6) is 5.75 Å². The second-order valence-electron chi connectivity index (χ2n) is 8.19. The number of aromatic nitrogens is 3. The van der Waals surface area contributed by atoms with E-state index in [1.807, 2.05) is 13.0 Å². The van der Waals surface area contributed by atoms with Crippen molar-refractivity contribution in [3.63, 3.8) is 0 Å². The Kier molecular flexibility index (Phi) is 5.29. The van der Waals surface area contributed by atoms with Crippen molar-refractivity contribution in [1.29, 1.82) is 0 Å². The Hall–Kier alpha value is -3.79. The maximum atomic E-state index is 12.4. The number of nitrogens with one attached hydrogen (secondary N) is 2. The number of ether oxygens (including phenoxy) is 1. The summed E-state index contributed by atoms with van der Waals surface area (Å²) >= 11 is 0. The summed E-state index contributed by atoms with van der Waals surface area (Å²) in [5.41, 5.74) is 2.69. The zero-order valence-corrected chi connectivity index (χ0v) is 18.7. The molecule has 33 heavy (non-hydrogen) atoms. The Labute approximate surface area is 190 Å². The quantitative estimate of drug-likeness (QED) is 0.593. The summed E-state index contributed by atoms with van der Waals surface area (Å²) in [6, 6.07) is 7.67. The maximum Gasteiger partial charge on any atom is 0.349 e. The van der Waals surface area contributed by atoms with Crippen molar-refractivity contribution in [3.05, 3.63) is 52.2 Å². The lowest BCUT2D eigenvalue weighted by Gasteiger charge is -2.45.